The van der Waals surface area contributed by atoms with E-state index in [-0.39, 0.29) is 18.7 Å². The third-order valence-corrected chi connectivity index (χ3v) is 6.35. The van der Waals surface area contributed by atoms with Gasteiger partial charge in [0.05, 0.1) is 11.1 Å². The van der Waals surface area contributed by atoms with Crippen LogP contribution in [0.4, 0.5) is 0 Å². The van der Waals surface area contributed by atoms with Gasteiger partial charge in [0.2, 0.25) is 11.8 Å². The van der Waals surface area contributed by atoms with Gasteiger partial charge in [0.15, 0.2) is 0 Å². The zero-order valence-corrected chi connectivity index (χ0v) is 18.6. The minimum Gasteiger partial charge on any atom is -0.295 e. The Kier molecular flexibility index (Phi) is 8.38. The van der Waals surface area contributed by atoms with Crippen molar-refractivity contribution in [2.24, 2.45) is 0 Å². The molecule has 1 atom stereocenters. The van der Waals surface area contributed by atoms with E-state index in [1.54, 1.807) is 6.07 Å². The first-order valence-corrected chi connectivity index (χ1v) is 11.9. The fourth-order valence-corrected chi connectivity index (χ4v) is 4.60. The molecule has 0 spiro atoms. The van der Waals surface area contributed by atoms with Crippen LogP contribution in [0, 0.1) is 0 Å². The normalized spacial score (nSPS) is 18.5. The highest BCUT2D eigenvalue weighted by Crippen LogP contribution is 2.30. The van der Waals surface area contributed by atoms with E-state index in [1.807, 2.05) is 12.1 Å². The zero-order chi connectivity index (χ0) is 22.2. The van der Waals surface area contributed by atoms with Gasteiger partial charge in [-0.25, -0.2) is 0 Å². The molecule has 31 heavy (non-hydrogen) atoms. The number of piperidine rings is 1. The maximum absolute atomic E-state index is 13.1. The minimum absolute atomic E-state index is 0.134. The number of aryl methyl sites for hydroxylation is 1. The third-order valence-electron chi connectivity index (χ3n) is 6.35. The first-order chi connectivity index (χ1) is 15.0. The number of hydrogen-bond acceptors (Lipinski definition) is 4. The van der Waals surface area contributed by atoms with E-state index in [0.29, 0.717) is 11.1 Å². The molecule has 2 aliphatic rings. The number of nitrogens with one attached hydrogen (secondary N) is 1. The lowest BCUT2D eigenvalue weighted by molar-refractivity contribution is -0.136. The van der Waals surface area contributed by atoms with Crippen LogP contribution in [0.1, 0.15) is 110 Å². The molecule has 6 nitrogen and oxygen atoms in total. The first kappa shape index (κ1) is 23.2. The summed E-state index contributed by atoms with van der Waals surface area (Å²) in [6, 6.07) is 4.47. The third kappa shape index (κ3) is 5.60. The lowest BCUT2D eigenvalue weighted by atomic mass is 9.97. The molecule has 2 heterocycles. The molecule has 0 radical (unpaired) electrons. The number of carbonyl (C=O) groups is 4. The Bertz CT molecular complexity index is 833. The van der Waals surface area contributed by atoms with Crippen molar-refractivity contribution in [1.82, 2.24) is 10.2 Å². The number of amides is 4. The van der Waals surface area contributed by atoms with E-state index < -0.39 is 23.8 Å². The van der Waals surface area contributed by atoms with Crippen LogP contribution in [0.2, 0.25) is 0 Å². The zero-order valence-electron chi connectivity index (χ0n) is 18.6. The molecule has 1 aromatic rings. The average Bonchev–Trinajstić information content (AvgIpc) is 3.01. The SMILES string of the molecule is CCCCCCCCCCCCc1cccc2c1C(=O)N(C1CCC(=O)NC1=O)C2=O. The highest BCUT2D eigenvalue weighted by atomic mass is 16.2. The molecule has 1 unspecified atom stereocenters. The molecule has 1 fully saturated rings. The van der Waals surface area contributed by atoms with Crippen molar-refractivity contribution in [2.45, 2.75) is 96.4 Å². The number of carbonyl (C=O) groups excluding carboxylic acids is 4. The second-order valence-corrected chi connectivity index (χ2v) is 8.72. The molecule has 0 aliphatic carbocycles. The van der Waals surface area contributed by atoms with E-state index in [0.717, 1.165) is 29.7 Å². The second-order valence-electron chi connectivity index (χ2n) is 8.72. The molecular formula is C25H34N2O4. The summed E-state index contributed by atoms with van der Waals surface area (Å²) in [7, 11) is 0. The summed E-state index contributed by atoms with van der Waals surface area (Å²) in [5.74, 6) is -1.77. The highest BCUT2D eigenvalue weighted by molar-refractivity contribution is 6.24. The first-order valence-electron chi connectivity index (χ1n) is 11.9. The summed E-state index contributed by atoms with van der Waals surface area (Å²) in [5, 5.41) is 2.24. The van der Waals surface area contributed by atoms with Crippen molar-refractivity contribution in [3.8, 4) is 0 Å². The monoisotopic (exact) mass is 426 g/mol. The molecule has 6 heteroatoms. The minimum atomic E-state index is -0.907. The molecule has 168 valence electrons. The molecule has 0 bridgehead atoms. The number of unbranched alkanes of at least 4 members (excludes halogenated alkanes) is 9. The predicted octanol–water partition coefficient (Wildman–Crippen LogP) is 4.55. The standard InChI is InChI=1S/C25H34N2O4/c1-2-3-4-5-6-7-8-9-10-11-13-18-14-12-15-19-22(18)25(31)27(24(19)30)20-16-17-21(28)26-23(20)29/h12,14-15,20H,2-11,13,16-17H2,1H3,(H,26,28,29). The van der Waals surface area contributed by atoms with Crippen LogP contribution in [0.25, 0.3) is 0 Å². The van der Waals surface area contributed by atoms with Crippen LogP contribution < -0.4 is 5.32 Å². The van der Waals surface area contributed by atoms with Crippen LogP contribution in [0.5, 0.6) is 0 Å². The topological polar surface area (TPSA) is 83.6 Å². The van der Waals surface area contributed by atoms with Crippen molar-refractivity contribution >= 4 is 23.6 Å². The lowest BCUT2D eigenvalue weighted by Crippen LogP contribution is -2.54. The molecule has 1 N–H and O–H groups in total. The molecule has 3 rings (SSSR count). The highest BCUT2D eigenvalue weighted by Gasteiger charge is 2.45. The van der Waals surface area contributed by atoms with Crippen LogP contribution >= 0.6 is 0 Å². The summed E-state index contributed by atoms with van der Waals surface area (Å²) in [6.07, 6.45) is 13.5. The van der Waals surface area contributed by atoms with Crippen molar-refractivity contribution in [3.05, 3.63) is 34.9 Å². The number of fused-ring (bicyclic) bond motifs is 1. The molecule has 2 aliphatic heterocycles. The molecule has 1 saturated heterocycles. The van der Waals surface area contributed by atoms with Crippen molar-refractivity contribution in [2.75, 3.05) is 0 Å². The largest absolute Gasteiger partial charge is 0.295 e. The summed E-state index contributed by atoms with van der Waals surface area (Å²) < 4.78 is 0. The average molecular weight is 427 g/mol. The fourth-order valence-electron chi connectivity index (χ4n) is 4.60. The van der Waals surface area contributed by atoms with Gasteiger partial charge in [0.25, 0.3) is 11.8 Å². The van der Waals surface area contributed by atoms with Crippen molar-refractivity contribution in [3.63, 3.8) is 0 Å². The predicted molar refractivity (Wildman–Crippen MR) is 119 cm³/mol. The Balaban J connectivity index is 1.51. The Morgan fingerprint density at radius 3 is 2.16 bits per heavy atom. The van der Waals surface area contributed by atoms with E-state index in [9.17, 15) is 19.2 Å². The molecule has 0 aromatic heterocycles. The van der Waals surface area contributed by atoms with E-state index in [1.165, 1.54) is 51.4 Å². The summed E-state index contributed by atoms with van der Waals surface area (Å²) in [6.45, 7) is 2.23. The maximum atomic E-state index is 13.1. The van der Waals surface area contributed by atoms with Gasteiger partial charge in [0, 0.05) is 6.42 Å². The molecule has 0 saturated carbocycles. The lowest BCUT2D eigenvalue weighted by Gasteiger charge is -2.27. The quantitative estimate of drug-likeness (QED) is 0.392. The van der Waals surface area contributed by atoms with Crippen molar-refractivity contribution < 1.29 is 19.2 Å². The number of nitrogens with zero attached hydrogens (tertiary/aromatic N) is 1. The Morgan fingerprint density at radius 2 is 1.52 bits per heavy atom. The summed E-state index contributed by atoms with van der Waals surface area (Å²) >= 11 is 0. The van der Waals surface area contributed by atoms with Crippen LogP contribution in [-0.2, 0) is 16.0 Å². The Morgan fingerprint density at radius 1 is 0.871 bits per heavy atom. The van der Waals surface area contributed by atoms with Gasteiger partial charge in [-0.05, 0) is 30.9 Å². The number of rotatable bonds is 12. The maximum Gasteiger partial charge on any atom is 0.262 e. The fraction of sp³-hybridized carbons (Fsp3) is 0.600. The van der Waals surface area contributed by atoms with Gasteiger partial charge >= 0.3 is 0 Å². The van der Waals surface area contributed by atoms with Crippen LogP contribution in [0.3, 0.4) is 0 Å². The van der Waals surface area contributed by atoms with Gasteiger partial charge < -0.3 is 0 Å². The smallest absolute Gasteiger partial charge is 0.262 e. The van der Waals surface area contributed by atoms with Crippen LogP contribution in [0.15, 0.2) is 18.2 Å². The van der Waals surface area contributed by atoms with Crippen LogP contribution in [-0.4, -0.2) is 34.6 Å². The second kappa shape index (κ2) is 11.2. The van der Waals surface area contributed by atoms with Gasteiger partial charge in [0.1, 0.15) is 6.04 Å². The van der Waals surface area contributed by atoms with Gasteiger partial charge in [-0.2, -0.15) is 0 Å². The summed E-state index contributed by atoms with van der Waals surface area (Å²) in [5.41, 5.74) is 1.69. The molecular weight excluding hydrogens is 392 g/mol. The molecule has 1 aromatic carbocycles. The number of benzene rings is 1. The van der Waals surface area contributed by atoms with Gasteiger partial charge in [-0.15, -0.1) is 0 Å². The summed E-state index contributed by atoms with van der Waals surface area (Å²) in [4.78, 5) is 50.6. The van der Waals surface area contributed by atoms with Crippen molar-refractivity contribution in [1.29, 1.82) is 0 Å². The number of hydrogen-bond donors (Lipinski definition) is 1. The van der Waals surface area contributed by atoms with E-state index in [4.69, 9.17) is 0 Å². The van der Waals surface area contributed by atoms with E-state index >= 15 is 0 Å². The Labute approximate surface area is 184 Å². The van der Waals surface area contributed by atoms with E-state index in [2.05, 4.69) is 12.2 Å². The van der Waals surface area contributed by atoms with Gasteiger partial charge in [-0.1, -0.05) is 76.8 Å². The molecule has 4 amide bonds. The number of imide groups is 2. The Hall–Kier alpha value is -2.50. The van der Waals surface area contributed by atoms with Gasteiger partial charge in [-0.3, -0.25) is 29.4 Å².